The van der Waals surface area contributed by atoms with E-state index in [1.165, 1.54) is 0 Å². The van der Waals surface area contributed by atoms with Crippen LogP contribution in [-0.2, 0) is 4.79 Å². The summed E-state index contributed by atoms with van der Waals surface area (Å²) in [4.78, 5) is 27.8. The molecule has 102 valence electrons. The summed E-state index contributed by atoms with van der Waals surface area (Å²) in [5.41, 5.74) is 1.50. The average Bonchev–Trinajstić information content (AvgIpc) is 2.41. The number of nitrogens with zero attached hydrogens (tertiary/aromatic N) is 2. The maximum absolute atomic E-state index is 12.6. The van der Waals surface area contributed by atoms with Gasteiger partial charge in [-0.15, -0.1) is 0 Å². The molecule has 0 aliphatic carbocycles. The molecule has 1 aliphatic rings. The van der Waals surface area contributed by atoms with Crippen molar-refractivity contribution in [1.82, 2.24) is 10.2 Å². The van der Waals surface area contributed by atoms with Gasteiger partial charge in [0.15, 0.2) is 0 Å². The van der Waals surface area contributed by atoms with E-state index >= 15 is 0 Å². The lowest BCUT2D eigenvalue weighted by molar-refractivity contribution is -0.127. The molecule has 1 saturated heterocycles. The first-order valence-electron chi connectivity index (χ1n) is 6.37. The number of carbonyl (C=O) groups excluding carboxylic acids is 2. The fraction of sp³-hybridized carbons (Fsp3) is 0.429. The highest BCUT2D eigenvalue weighted by molar-refractivity contribution is 6.02. The molecular weight excluding hydrogens is 242 g/mol. The smallest absolute Gasteiger partial charge is 0.256 e. The predicted molar refractivity (Wildman–Crippen MR) is 74.3 cm³/mol. The fourth-order valence-electron chi connectivity index (χ4n) is 2.26. The van der Waals surface area contributed by atoms with Crippen molar-refractivity contribution in [2.24, 2.45) is 0 Å². The Morgan fingerprint density at radius 2 is 2.05 bits per heavy atom. The molecule has 1 N–H and O–H groups in total. The predicted octanol–water partition coefficient (Wildman–Crippen LogP) is 0.713. The zero-order chi connectivity index (χ0) is 14.0. The van der Waals surface area contributed by atoms with E-state index in [9.17, 15) is 9.59 Å². The Hall–Kier alpha value is -2.04. The van der Waals surface area contributed by atoms with E-state index in [4.69, 9.17) is 0 Å². The molecule has 5 heteroatoms. The van der Waals surface area contributed by atoms with Gasteiger partial charge >= 0.3 is 0 Å². The second kappa shape index (κ2) is 5.30. The number of anilines is 1. The summed E-state index contributed by atoms with van der Waals surface area (Å²) in [6.07, 6.45) is 0. The normalized spacial score (nSPS) is 19.0. The van der Waals surface area contributed by atoms with Crippen LogP contribution in [0.4, 0.5) is 5.69 Å². The van der Waals surface area contributed by atoms with Gasteiger partial charge in [0.2, 0.25) is 5.91 Å². The zero-order valence-electron chi connectivity index (χ0n) is 11.5. The third-order valence-corrected chi connectivity index (χ3v) is 3.38. The Labute approximate surface area is 113 Å². The monoisotopic (exact) mass is 261 g/mol. The van der Waals surface area contributed by atoms with E-state index in [1.54, 1.807) is 17.9 Å². The van der Waals surface area contributed by atoms with Gasteiger partial charge in [0, 0.05) is 32.9 Å². The van der Waals surface area contributed by atoms with Crippen LogP contribution >= 0.6 is 0 Å². The molecule has 19 heavy (non-hydrogen) atoms. The van der Waals surface area contributed by atoms with E-state index in [1.807, 2.05) is 37.2 Å². The molecule has 1 aromatic carbocycles. The molecule has 2 rings (SSSR count). The van der Waals surface area contributed by atoms with E-state index in [2.05, 4.69) is 5.32 Å². The van der Waals surface area contributed by atoms with Crippen LogP contribution < -0.4 is 10.2 Å². The van der Waals surface area contributed by atoms with Crippen molar-refractivity contribution >= 4 is 17.5 Å². The first-order valence-corrected chi connectivity index (χ1v) is 6.37. The van der Waals surface area contributed by atoms with Crippen LogP contribution in [0, 0.1) is 0 Å². The molecule has 5 nitrogen and oxygen atoms in total. The van der Waals surface area contributed by atoms with E-state index < -0.39 is 6.04 Å². The van der Waals surface area contributed by atoms with Crippen LogP contribution in [0.2, 0.25) is 0 Å². The molecule has 1 unspecified atom stereocenters. The van der Waals surface area contributed by atoms with Gasteiger partial charge in [0.25, 0.3) is 5.91 Å². The van der Waals surface area contributed by atoms with Crippen LogP contribution in [0.5, 0.6) is 0 Å². The third kappa shape index (κ3) is 2.54. The number of nitrogens with one attached hydrogen (secondary N) is 1. The summed E-state index contributed by atoms with van der Waals surface area (Å²) in [5.74, 6) is -0.186. The number of piperazine rings is 1. The summed E-state index contributed by atoms with van der Waals surface area (Å²) in [7, 11) is 3.80. The molecule has 1 heterocycles. The number of benzene rings is 1. The molecule has 1 aromatic rings. The lowest BCUT2D eigenvalue weighted by atomic mass is 10.1. The fourth-order valence-corrected chi connectivity index (χ4v) is 2.26. The minimum Gasteiger partial charge on any atom is -0.377 e. The molecule has 0 aromatic heterocycles. The molecule has 0 saturated carbocycles. The van der Waals surface area contributed by atoms with Crippen molar-refractivity contribution in [3.8, 4) is 0 Å². The van der Waals surface area contributed by atoms with Gasteiger partial charge < -0.3 is 15.1 Å². The molecule has 0 radical (unpaired) electrons. The summed E-state index contributed by atoms with van der Waals surface area (Å²) in [6.45, 7) is 2.82. The summed E-state index contributed by atoms with van der Waals surface area (Å²) >= 11 is 0. The highest BCUT2D eigenvalue weighted by atomic mass is 16.2. The van der Waals surface area contributed by atoms with Gasteiger partial charge in [-0.1, -0.05) is 12.1 Å². The number of carbonyl (C=O) groups is 2. The zero-order valence-corrected chi connectivity index (χ0v) is 11.5. The maximum Gasteiger partial charge on any atom is 0.256 e. The third-order valence-electron chi connectivity index (χ3n) is 3.38. The Morgan fingerprint density at radius 3 is 2.74 bits per heavy atom. The second-order valence-electron chi connectivity index (χ2n) is 4.88. The lowest BCUT2D eigenvalue weighted by Crippen LogP contribution is -2.55. The van der Waals surface area contributed by atoms with Gasteiger partial charge in [0.05, 0.1) is 5.56 Å². The van der Waals surface area contributed by atoms with Crippen molar-refractivity contribution in [3.63, 3.8) is 0 Å². The molecule has 0 bridgehead atoms. The summed E-state index contributed by atoms with van der Waals surface area (Å²) in [6, 6.07) is 7.03. The highest BCUT2D eigenvalue weighted by Crippen LogP contribution is 2.21. The quantitative estimate of drug-likeness (QED) is 0.853. The van der Waals surface area contributed by atoms with Crippen molar-refractivity contribution in [3.05, 3.63) is 29.8 Å². The standard InChI is InChI=1S/C14H19N3O2/c1-10-13(18)15-8-9-17(10)14(19)11-6-4-5-7-12(11)16(2)3/h4-7,10H,8-9H2,1-3H3,(H,15,18). The Kier molecular flexibility index (Phi) is 3.74. The molecule has 1 fully saturated rings. The van der Waals surface area contributed by atoms with E-state index in [0.29, 0.717) is 18.7 Å². The van der Waals surface area contributed by atoms with Gasteiger partial charge in [-0.25, -0.2) is 0 Å². The summed E-state index contributed by atoms with van der Waals surface area (Å²) in [5, 5.41) is 2.76. The molecule has 2 amide bonds. The number of rotatable bonds is 2. The molecule has 1 aliphatic heterocycles. The second-order valence-corrected chi connectivity index (χ2v) is 4.88. The topological polar surface area (TPSA) is 52.7 Å². The molecular formula is C14H19N3O2. The first kappa shape index (κ1) is 13.4. The van der Waals surface area contributed by atoms with Gasteiger partial charge in [-0.2, -0.15) is 0 Å². The highest BCUT2D eigenvalue weighted by Gasteiger charge is 2.30. The first-order chi connectivity index (χ1) is 9.02. The SMILES string of the molecule is CC1C(=O)NCCN1C(=O)c1ccccc1N(C)C. The van der Waals surface area contributed by atoms with Crippen LogP contribution in [-0.4, -0.2) is 49.9 Å². The number of hydrogen-bond acceptors (Lipinski definition) is 3. The maximum atomic E-state index is 12.6. The number of para-hydroxylation sites is 1. The Balaban J connectivity index is 2.31. The number of amides is 2. The van der Waals surface area contributed by atoms with Crippen molar-refractivity contribution in [2.75, 3.05) is 32.1 Å². The van der Waals surface area contributed by atoms with Gasteiger partial charge in [-0.05, 0) is 19.1 Å². The Morgan fingerprint density at radius 1 is 1.37 bits per heavy atom. The van der Waals surface area contributed by atoms with E-state index in [-0.39, 0.29) is 11.8 Å². The Bertz CT molecular complexity index is 499. The van der Waals surface area contributed by atoms with Crippen molar-refractivity contribution in [2.45, 2.75) is 13.0 Å². The minimum absolute atomic E-state index is 0.0911. The van der Waals surface area contributed by atoms with Gasteiger partial charge in [-0.3, -0.25) is 9.59 Å². The largest absolute Gasteiger partial charge is 0.377 e. The minimum atomic E-state index is -0.420. The van der Waals surface area contributed by atoms with Crippen molar-refractivity contribution in [1.29, 1.82) is 0 Å². The lowest BCUT2D eigenvalue weighted by Gasteiger charge is -2.33. The van der Waals surface area contributed by atoms with Crippen LogP contribution in [0.3, 0.4) is 0 Å². The van der Waals surface area contributed by atoms with Gasteiger partial charge in [0.1, 0.15) is 6.04 Å². The molecule has 0 spiro atoms. The van der Waals surface area contributed by atoms with Crippen LogP contribution in [0.15, 0.2) is 24.3 Å². The van der Waals surface area contributed by atoms with Crippen LogP contribution in [0.25, 0.3) is 0 Å². The number of hydrogen-bond donors (Lipinski definition) is 1. The average molecular weight is 261 g/mol. The van der Waals surface area contributed by atoms with E-state index in [0.717, 1.165) is 5.69 Å². The van der Waals surface area contributed by atoms with Crippen molar-refractivity contribution < 1.29 is 9.59 Å². The molecule has 1 atom stereocenters. The van der Waals surface area contributed by atoms with Crippen LogP contribution in [0.1, 0.15) is 17.3 Å². The summed E-state index contributed by atoms with van der Waals surface area (Å²) < 4.78 is 0.